The molecule has 0 bridgehead atoms. The number of ether oxygens (including phenoxy) is 1. The van der Waals surface area contributed by atoms with Gasteiger partial charge >= 0.3 is 0 Å². The molecule has 15 heavy (non-hydrogen) atoms. The standard InChI is InChI=1S/C12H15NO2/c1-3-13-8-7-9-10(12(13)14)5-4-6-11(9)15-2/h4-6H,3,7-8H2,1-2H3. The van der Waals surface area contributed by atoms with E-state index < -0.39 is 0 Å². The minimum Gasteiger partial charge on any atom is -0.496 e. The molecule has 0 unspecified atom stereocenters. The maximum absolute atomic E-state index is 12.0. The third kappa shape index (κ3) is 1.58. The van der Waals surface area contributed by atoms with Crippen LogP contribution in [0.5, 0.6) is 5.75 Å². The predicted molar refractivity (Wildman–Crippen MR) is 58.3 cm³/mol. The van der Waals surface area contributed by atoms with Crippen LogP contribution in [0, 0.1) is 0 Å². The zero-order chi connectivity index (χ0) is 10.8. The molecule has 1 aromatic rings. The Labute approximate surface area is 89.7 Å². The van der Waals surface area contributed by atoms with Crippen molar-refractivity contribution in [2.24, 2.45) is 0 Å². The van der Waals surface area contributed by atoms with Gasteiger partial charge in [0.15, 0.2) is 0 Å². The molecule has 0 N–H and O–H groups in total. The van der Waals surface area contributed by atoms with Crippen molar-refractivity contribution < 1.29 is 9.53 Å². The molecule has 3 nitrogen and oxygen atoms in total. The molecule has 0 radical (unpaired) electrons. The molecule has 1 aromatic carbocycles. The van der Waals surface area contributed by atoms with Crippen LogP contribution in [-0.4, -0.2) is 31.0 Å². The zero-order valence-electron chi connectivity index (χ0n) is 9.12. The first kappa shape index (κ1) is 10.0. The second kappa shape index (κ2) is 3.93. The second-order valence-corrected chi connectivity index (χ2v) is 3.62. The first-order chi connectivity index (χ1) is 7.27. The minimum atomic E-state index is 0.123. The van der Waals surface area contributed by atoms with Gasteiger partial charge in [0.1, 0.15) is 5.75 Å². The summed E-state index contributed by atoms with van der Waals surface area (Å²) in [4.78, 5) is 13.8. The summed E-state index contributed by atoms with van der Waals surface area (Å²) >= 11 is 0. The van der Waals surface area contributed by atoms with E-state index in [0.29, 0.717) is 0 Å². The van der Waals surface area contributed by atoms with Crippen LogP contribution in [0.2, 0.25) is 0 Å². The average molecular weight is 205 g/mol. The van der Waals surface area contributed by atoms with E-state index in [1.165, 1.54) is 0 Å². The fourth-order valence-corrected chi connectivity index (χ4v) is 2.04. The van der Waals surface area contributed by atoms with E-state index in [1.54, 1.807) is 7.11 Å². The topological polar surface area (TPSA) is 29.5 Å². The lowest BCUT2D eigenvalue weighted by Crippen LogP contribution is -2.37. The van der Waals surface area contributed by atoms with Crippen LogP contribution in [0.25, 0.3) is 0 Å². The summed E-state index contributed by atoms with van der Waals surface area (Å²) in [5.41, 5.74) is 1.84. The maximum atomic E-state index is 12.0. The molecular weight excluding hydrogens is 190 g/mol. The highest BCUT2D eigenvalue weighted by molar-refractivity contribution is 5.97. The Morgan fingerprint density at radius 2 is 2.27 bits per heavy atom. The molecule has 0 saturated heterocycles. The lowest BCUT2D eigenvalue weighted by Gasteiger charge is -2.28. The number of carbonyl (C=O) groups excluding carboxylic acids is 1. The van der Waals surface area contributed by atoms with E-state index in [1.807, 2.05) is 30.0 Å². The van der Waals surface area contributed by atoms with Crippen molar-refractivity contribution in [3.8, 4) is 5.75 Å². The van der Waals surface area contributed by atoms with Crippen LogP contribution in [-0.2, 0) is 6.42 Å². The van der Waals surface area contributed by atoms with Crippen molar-refractivity contribution in [2.45, 2.75) is 13.3 Å². The highest BCUT2D eigenvalue weighted by Gasteiger charge is 2.24. The Morgan fingerprint density at radius 1 is 1.47 bits per heavy atom. The lowest BCUT2D eigenvalue weighted by molar-refractivity contribution is 0.0747. The van der Waals surface area contributed by atoms with E-state index in [2.05, 4.69) is 0 Å². The van der Waals surface area contributed by atoms with Crippen LogP contribution in [0.1, 0.15) is 22.8 Å². The first-order valence-corrected chi connectivity index (χ1v) is 5.23. The van der Waals surface area contributed by atoms with Gasteiger partial charge in [-0.25, -0.2) is 0 Å². The predicted octanol–water partition coefficient (Wildman–Crippen LogP) is 1.71. The molecule has 3 heteroatoms. The molecule has 0 aliphatic carbocycles. The van der Waals surface area contributed by atoms with Gasteiger partial charge in [-0.2, -0.15) is 0 Å². The molecule has 1 heterocycles. The Bertz CT molecular complexity index is 387. The van der Waals surface area contributed by atoms with E-state index in [-0.39, 0.29) is 5.91 Å². The number of methoxy groups -OCH3 is 1. The summed E-state index contributed by atoms with van der Waals surface area (Å²) in [6.07, 6.45) is 0.888. The quantitative estimate of drug-likeness (QED) is 0.735. The molecule has 2 rings (SSSR count). The number of benzene rings is 1. The third-order valence-corrected chi connectivity index (χ3v) is 2.88. The van der Waals surface area contributed by atoms with E-state index in [4.69, 9.17) is 4.74 Å². The van der Waals surface area contributed by atoms with Gasteiger partial charge in [-0.15, -0.1) is 0 Å². The number of amides is 1. The lowest BCUT2D eigenvalue weighted by atomic mass is 9.98. The minimum absolute atomic E-state index is 0.123. The van der Waals surface area contributed by atoms with Gasteiger partial charge in [0.25, 0.3) is 5.91 Å². The average Bonchev–Trinajstić information content (AvgIpc) is 2.29. The maximum Gasteiger partial charge on any atom is 0.254 e. The van der Waals surface area contributed by atoms with Gasteiger partial charge in [0.05, 0.1) is 7.11 Å². The van der Waals surface area contributed by atoms with Crippen molar-refractivity contribution in [1.29, 1.82) is 0 Å². The number of fused-ring (bicyclic) bond motifs is 1. The SMILES string of the molecule is CCN1CCc2c(OC)cccc2C1=O. The number of nitrogens with zero attached hydrogens (tertiary/aromatic N) is 1. The van der Waals surface area contributed by atoms with Gasteiger partial charge in [-0.3, -0.25) is 4.79 Å². The molecule has 80 valence electrons. The van der Waals surface area contributed by atoms with Gasteiger partial charge < -0.3 is 9.64 Å². The van der Waals surface area contributed by atoms with E-state index >= 15 is 0 Å². The monoisotopic (exact) mass is 205 g/mol. The first-order valence-electron chi connectivity index (χ1n) is 5.23. The molecule has 0 aromatic heterocycles. The van der Waals surface area contributed by atoms with Gasteiger partial charge in [-0.1, -0.05) is 6.07 Å². The summed E-state index contributed by atoms with van der Waals surface area (Å²) in [5, 5.41) is 0. The summed E-state index contributed by atoms with van der Waals surface area (Å²) in [5.74, 6) is 0.953. The van der Waals surface area contributed by atoms with Crippen LogP contribution in [0.3, 0.4) is 0 Å². The van der Waals surface area contributed by atoms with Crippen molar-refractivity contribution in [1.82, 2.24) is 4.90 Å². The van der Waals surface area contributed by atoms with Crippen LogP contribution in [0.15, 0.2) is 18.2 Å². The van der Waals surface area contributed by atoms with Gasteiger partial charge in [0, 0.05) is 24.2 Å². The highest BCUT2D eigenvalue weighted by atomic mass is 16.5. The van der Waals surface area contributed by atoms with Crippen LogP contribution in [0.4, 0.5) is 0 Å². The Balaban J connectivity index is 2.45. The number of rotatable bonds is 2. The molecule has 0 spiro atoms. The number of hydrogen-bond donors (Lipinski definition) is 0. The van der Waals surface area contributed by atoms with Crippen molar-refractivity contribution in [3.63, 3.8) is 0 Å². The van der Waals surface area contributed by atoms with Gasteiger partial charge in [-0.05, 0) is 25.5 Å². The van der Waals surface area contributed by atoms with Crippen LogP contribution < -0.4 is 4.74 Å². The molecule has 1 aliphatic heterocycles. The Morgan fingerprint density at radius 3 is 2.93 bits per heavy atom. The summed E-state index contributed by atoms with van der Waals surface area (Å²) < 4.78 is 5.26. The molecule has 1 aliphatic rings. The molecule has 0 atom stereocenters. The largest absolute Gasteiger partial charge is 0.496 e. The fraction of sp³-hybridized carbons (Fsp3) is 0.417. The summed E-state index contributed by atoms with van der Waals surface area (Å²) in [6.45, 7) is 3.57. The normalized spacial score (nSPS) is 15.1. The molecule has 0 fully saturated rings. The zero-order valence-corrected chi connectivity index (χ0v) is 9.12. The Hall–Kier alpha value is -1.51. The third-order valence-electron chi connectivity index (χ3n) is 2.88. The summed E-state index contributed by atoms with van der Waals surface area (Å²) in [7, 11) is 1.65. The number of carbonyl (C=O) groups is 1. The second-order valence-electron chi connectivity index (χ2n) is 3.62. The van der Waals surface area contributed by atoms with Gasteiger partial charge in [0.2, 0.25) is 0 Å². The highest BCUT2D eigenvalue weighted by Crippen LogP contribution is 2.27. The smallest absolute Gasteiger partial charge is 0.254 e. The summed E-state index contributed by atoms with van der Waals surface area (Å²) in [6, 6.07) is 5.66. The van der Waals surface area contributed by atoms with Crippen molar-refractivity contribution in [3.05, 3.63) is 29.3 Å². The molecule has 0 saturated carbocycles. The Kier molecular flexibility index (Phi) is 2.62. The number of hydrogen-bond acceptors (Lipinski definition) is 2. The van der Waals surface area contributed by atoms with E-state index in [0.717, 1.165) is 36.4 Å². The van der Waals surface area contributed by atoms with Crippen molar-refractivity contribution in [2.75, 3.05) is 20.2 Å². The van der Waals surface area contributed by atoms with E-state index in [9.17, 15) is 4.79 Å². The molecular formula is C12H15NO2. The number of likely N-dealkylation sites (N-methyl/N-ethyl adjacent to an activating group) is 1. The fourth-order valence-electron chi connectivity index (χ4n) is 2.04. The van der Waals surface area contributed by atoms with Crippen molar-refractivity contribution >= 4 is 5.91 Å². The molecule has 1 amide bonds. The van der Waals surface area contributed by atoms with Crippen LogP contribution >= 0.6 is 0 Å².